The number of benzene rings is 1. The summed E-state index contributed by atoms with van der Waals surface area (Å²) < 4.78 is 5.02. The zero-order valence-corrected chi connectivity index (χ0v) is 12.0. The normalized spacial score (nSPS) is 11.4. The molecule has 1 N–H and O–H groups in total. The van der Waals surface area contributed by atoms with Gasteiger partial charge in [0.05, 0.1) is 12.1 Å². The zero-order valence-electron chi connectivity index (χ0n) is 11.2. The predicted molar refractivity (Wildman–Crippen MR) is 72.5 cm³/mol. The molecule has 1 aromatic carbocycles. The molecule has 0 aliphatic rings. The minimum atomic E-state index is -0.329. The van der Waals surface area contributed by atoms with Gasteiger partial charge in [-0.15, -0.1) is 0 Å². The van der Waals surface area contributed by atoms with Gasteiger partial charge in [-0.1, -0.05) is 32.4 Å². The molecule has 0 radical (unpaired) electrons. The Hall–Kier alpha value is -1.22. The maximum atomic E-state index is 11.8. The predicted octanol–water partition coefficient (Wildman–Crippen LogP) is 3.60. The number of hydrogen-bond acceptors (Lipinski definition) is 3. The van der Waals surface area contributed by atoms with Gasteiger partial charge in [0.1, 0.15) is 5.78 Å². The van der Waals surface area contributed by atoms with Crippen molar-refractivity contribution < 1.29 is 14.6 Å². The number of ketones is 1. The molecule has 4 heteroatoms. The van der Waals surface area contributed by atoms with Crippen molar-refractivity contribution in [2.24, 2.45) is 5.41 Å². The van der Waals surface area contributed by atoms with E-state index in [2.05, 4.69) is 0 Å². The third-order valence-electron chi connectivity index (χ3n) is 2.79. The standard InChI is InChI=1S/C14H19ClO3/c1-14(2,3)12(16)6-5-9-7-10(15)13(17)11(8-9)18-4/h7-8,17H,5-6H2,1-4H3. The van der Waals surface area contributed by atoms with Gasteiger partial charge in [0.2, 0.25) is 0 Å². The fraction of sp³-hybridized carbons (Fsp3) is 0.500. The summed E-state index contributed by atoms with van der Waals surface area (Å²) in [6, 6.07) is 3.37. The van der Waals surface area contributed by atoms with E-state index in [0.717, 1.165) is 5.56 Å². The van der Waals surface area contributed by atoms with Gasteiger partial charge >= 0.3 is 0 Å². The lowest BCUT2D eigenvalue weighted by atomic mass is 9.87. The molecular formula is C14H19ClO3. The fourth-order valence-electron chi connectivity index (χ4n) is 1.56. The highest BCUT2D eigenvalue weighted by atomic mass is 35.5. The Balaban J connectivity index is 2.81. The molecule has 0 saturated heterocycles. The highest BCUT2D eigenvalue weighted by Gasteiger charge is 2.20. The van der Waals surface area contributed by atoms with Crippen molar-refractivity contribution in [3.8, 4) is 11.5 Å². The first kappa shape index (κ1) is 14.8. The average molecular weight is 271 g/mol. The van der Waals surface area contributed by atoms with E-state index in [1.807, 2.05) is 20.8 Å². The van der Waals surface area contributed by atoms with Crippen LogP contribution in [0.5, 0.6) is 11.5 Å². The summed E-state index contributed by atoms with van der Waals surface area (Å²) in [4.78, 5) is 11.8. The Morgan fingerprint density at radius 3 is 2.50 bits per heavy atom. The first-order valence-electron chi connectivity index (χ1n) is 5.84. The van der Waals surface area contributed by atoms with E-state index in [0.29, 0.717) is 18.6 Å². The molecule has 0 unspecified atom stereocenters. The van der Waals surface area contributed by atoms with Crippen molar-refractivity contribution in [1.29, 1.82) is 0 Å². The van der Waals surface area contributed by atoms with Crippen molar-refractivity contribution in [2.45, 2.75) is 33.6 Å². The van der Waals surface area contributed by atoms with Crippen molar-refractivity contribution in [3.05, 3.63) is 22.7 Å². The number of carbonyl (C=O) groups is 1. The molecule has 1 aromatic rings. The quantitative estimate of drug-likeness (QED) is 0.909. The topological polar surface area (TPSA) is 46.5 Å². The summed E-state index contributed by atoms with van der Waals surface area (Å²) in [6.45, 7) is 5.71. The van der Waals surface area contributed by atoms with Crippen LogP contribution < -0.4 is 4.74 Å². The molecule has 0 aliphatic heterocycles. The molecule has 3 nitrogen and oxygen atoms in total. The Kier molecular flexibility index (Phi) is 4.63. The third kappa shape index (κ3) is 3.64. The summed E-state index contributed by atoms with van der Waals surface area (Å²) in [7, 11) is 1.47. The van der Waals surface area contributed by atoms with Crippen LogP contribution in [-0.4, -0.2) is 18.0 Å². The average Bonchev–Trinajstić information content (AvgIpc) is 2.28. The van der Waals surface area contributed by atoms with E-state index in [1.54, 1.807) is 12.1 Å². The zero-order chi connectivity index (χ0) is 13.9. The number of phenolic OH excluding ortho intramolecular Hbond substituents is 1. The number of aryl methyl sites for hydroxylation is 1. The number of hydrogen-bond donors (Lipinski definition) is 1. The lowest BCUT2D eigenvalue weighted by Crippen LogP contribution is -2.20. The van der Waals surface area contributed by atoms with Crippen LogP contribution in [0.15, 0.2) is 12.1 Å². The molecule has 0 heterocycles. The van der Waals surface area contributed by atoms with Crippen LogP contribution in [0.3, 0.4) is 0 Å². The number of aromatic hydroxyl groups is 1. The first-order valence-corrected chi connectivity index (χ1v) is 6.22. The second kappa shape index (κ2) is 5.61. The maximum Gasteiger partial charge on any atom is 0.176 e. The van der Waals surface area contributed by atoms with Crippen molar-refractivity contribution >= 4 is 17.4 Å². The van der Waals surface area contributed by atoms with Gasteiger partial charge in [-0.2, -0.15) is 0 Å². The van der Waals surface area contributed by atoms with Gasteiger partial charge in [-0.25, -0.2) is 0 Å². The lowest BCUT2D eigenvalue weighted by Gasteiger charge is -2.16. The van der Waals surface area contributed by atoms with E-state index in [9.17, 15) is 9.90 Å². The van der Waals surface area contributed by atoms with Gasteiger partial charge < -0.3 is 9.84 Å². The molecule has 0 bridgehead atoms. The largest absolute Gasteiger partial charge is 0.503 e. The summed E-state index contributed by atoms with van der Waals surface area (Å²) in [5.74, 6) is 0.469. The van der Waals surface area contributed by atoms with Gasteiger partial charge in [0.25, 0.3) is 0 Å². The van der Waals surface area contributed by atoms with Crippen LogP contribution in [0.25, 0.3) is 0 Å². The molecule has 0 fully saturated rings. The fourth-order valence-corrected chi connectivity index (χ4v) is 1.79. The molecule has 0 aliphatic carbocycles. The highest BCUT2D eigenvalue weighted by Crippen LogP contribution is 2.35. The van der Waals surface area contributed by atoms with Crippen molar-refractivity contribution in [2.75, 3.05) is 7.11 Å². The Morgan fingerprint density at radius 2 is 2.00 bits per heavy atom. The molecule has 0 saturated carbocycles. The van der Waals surface area contributed by atoms with Gasteiger partial charge in [0, 0.05) is 11.8 Å². The molecule has 0 aromatic heterocycles. The SMILES string of the molecule is COc1cc(CCC(=O)C(C)(C)C)cc(Cl)c1O. The summed E-state index contributed by atoms with van der Waals surface area (Å²) in [6.07, 6.45) is 1.04. The van der Waals surface area contributed by atoms with Crippen molar-refractivity contribution in [1.82, 2.24) is 0 Å². The molecule has 0 spiro atoms. The van der Waals surface area contributed by atoms with Gasteiger partial charge in [-0.3, -0.25) is 4.79 Å². The van der Waals surface area contributed by atoms with Gasteiger partial charge in [0.15, 0.2) is 11.5 Å². The molecule has 100 valence electrons. The highest BCUT2D eigenvalue weighted by molar-refractivity contribution is 6.32. The first-order chi connectivity index (χ1) is 8.25. The number of halogens is 1. The summed E-state index contributed by atoms with van der Waals surface area (Å²) >= 11 is 5.89. The van der Waals surface area contributed by atoms with Crippen LogP contribution in [0.2, 0.25) is 5.02 Å². The molecule has 0 amide bonds. The molecule has 1 rings (SSSR count). The van der Waals surface area contributed by atoms with Crippen LogP contribution >= 0.6 is 11.6 Å². The number of Topliss-reactive ketones (excluding diaryl/α,β-unsaturated/α-hetero) is 1. The molecule has 18 heavy (non-hydrogen) atoms. The number of ether oxygens (including phenoxy) is 1. The molecule has 0 atom stereocenters. The number of phenols is 1. The van der Waals surface area contributed by atoms with Crippen molar-refractivity contribution in [3.63, 3.8) is 0 Å². The minimum Gasteiger partial charge on any atom is -0.503 e. The van der Waals surface area contributed by atoms with E-state index in [1.165, 1.54) is 7.11 Å². The smallest absolute Gasteiger partial charge is 0.176 e. The van der Waals surface area contributed by atoms with E-state index < -0.39 is 0 Å². The molecular weight excluding hydrogens is 252 g/mol. The Morgan fingerprint density at radius 1 is 1.39 bits per heavy atom. The second-order valence-electron chi connectivity index (χ2n) is 5.30. The van der Waals surface area contributed by atoms with Crippen LogP contribution in [0, 0.1) is 5.41 Å². The monoisotopic (exact) mass is 270 g/mol. The lowest BCUT2D eigenvalue weighted by molar-refractivity contribution is -0.126. The number of methoxy groups -OCH3 is 1. The van der Waals surface area contributed by atoms with E-state index >= 15 is 0 Å². The van der Waals surface area contributed by atoms with Crippen LogP contribution in [0.1, 0.15) is 32.8 Å². The summed E-state index contributed by atoms with van der Waals surface area (Å²) in [5.41, 5.74) is 0.553. The number of rotatable bonds is 4. The van der Waals surface area contributed by atoms with E-state index in [4.69, 9.17) is 16.3 Å². The van der Waals surface area contributed by atoms with E-state index in [-0.39, 0.29) is 22.0 Å². The Bertz CT molecular complexity index is 447. The number of carbonyl (C=O) groups excluding carboxylic acids is 1. The third-order valence-corrected chi connectivity index (χ3v) is 3.07. The maximum absolute atomic E-state index is 11.8. The summed E-state index contributed by atoms with van der Waals surface area (Å²) in [5, 5.41) is 9.85. The van der Waals surface area contributed by atoms with Crippen LogP contribution in [0.4, 0.5) is 0 Å². The van der Waals surface area contributed by atoms with Gasteiger partial charge in [-0.05, 0) is 24.1 Å². The van der Waals surface area contributed by atoms with Crippen LogP contribution in [-0.2, 0) is 11.2 Å². The second-order valence-corrected chi connectivity index (χ2v) is 5.71. The minimum absolute atomic E-state index is 0.0648. The Labute approximate surface area is 113 Å².